The number of hydrogen-bond acceptors (Lipinski definition) is 3. The lowest BCUT2D eigenvalue weighted by molar-refractivity contribution is 0.172. The molecule has 0 aromatic carbocycles. The number of ether oxygens (including phenoxy) is 1. The van der Waals surface area contributed by atoms with Crippen molar-refractivity contribution < 1.29 is 4.74 Å². The van der Waals surface area contributed by atoms with Gasteiger partial charge in [-0.25, -0.2) is 0 Å². The van der Waals surface area contributed by atoms with Gasteiger partial charge in [-0.3, -0.25) is 4.98 Å². The molecule has 0 saturated heterocycles. The van der Waals surface area contributed by atoms with Gasteiger partial charge in [0.2, 0.25) is 0 Å². The van der Waals surface area contributed by atoms with E-state index in [0.717, 1.165) is 18.1 Å². The molecule has 0 atom stereocenters. The summed E-state index contributed by atoms with van der Waals surface area (Å²) in [4.78, 5) is 4.03. The molecule has 0 N–H and O–H groups in total. The van der Waals surface area contributed by atoms with Crippen LogP contribution in [0.2, 0.25) is 0 Å². The van der Waals surface area contributed by atoms with E-state index in [-0.39, 0.29) is 0 Å². The van der Waals surface area contributed by atoms with Crippen LogP contribution in [0.25, 0.3) is 0 Å². The fourth-order valence-electron chi connectivity index (χ4n) is 2.14. The first-order valence-corrected chi connectivity index (χ1v) is 6.12. The van der Waals surface area contributed by atoms with Gasteiger partial charge in [-0.15, -0.1) is 0 Å². The molecule has 82 valence electrons. The average Bonchev–Trinajstić information content (AvgIpc) is 2.77. The van der Waals surface area contributed by atoms with E-state index in [2.05, 4.69) is 17.6 Å². The third-order valence-electron chi connectivity index (χ3n) is 3.18. The minimum Gasteiger partial charge on any atom is -0.491 e. The molecule has 1 heterocycles. The molecule has 0 radical (unpaired) electrons. The van der Waals surface area contributed by atoms with Crippen LogP contribution in [0.3, 0.4) is 0 Å². The van der Waals surface area contributed by atoms with Gasteiger partial charge in [0.05, 0.1) is 12.8 Å². The smallest absolute Gasteiger partial charge is 0.137 e. The van der Waals surface area contributed by atoms with Crippen molar-refractivity contribution in [1.29, 1.82) is 0 Å². The molecule has 3 heteroatoms. The zero-order chi connectivity index (χ0) is 10.6. The van der Waals surface area contributed by atoms with Crippen molar-refractivity contribution in [2.75, 3.05) is 12.4 Å². The van der Waals surface area contributed by atoms with E-state index < -0.39 is 0 Å². The van der Waals surface area contributed by atoms with Crippen LogP contribution in [-0.4, -0.2) is 17.3 Å². The van der Waals surface area contributed by atoms with Crippen molar-refractivity contribution in [1.82, 2.24) is 4.98 Å². The van der Waals surface area contributed by atoms with Gasteiger partial charge in [0.1, 0.15) is 5.75 Å². The van der Waals surface area contributed by atoms with Crippen molar-refractivity contribution >= 4 is 12.6 Å². The topological polar surface area (TPSA) is 22.1 Å². The minimum absolute atomic E-state index is 0.305. The third-order valence-corrected chi connectivity index (χ3v) is 3.85. The van der Waals surface area contributed by atoms with Gasteiger partial charge in [0.15, 0.2) is 0 Å². The van der Waals surface area contributed by atoms with E-state index in [9.17, 15) is 0 Å². The molecular formula is C12H17NOS. The Hall–Kier alpha value is -0.700. The quantitative estimate of drug-likeness (QED) is 0.793. The molecule has 0 amide bonds. The van der Waals surface area contributed by atoms with Crippen LogP contribution in [0.1, 0.15) is 25.7 Å². The average molecular weight is 223 g/mol. The van der Waals surface area contributed by atoms with Crippen LogP contribution >= 0.6 is 12.6 Å². The maximum atomic E-state index is 5.77. The Bertz CT molecular complexity index is 296. The van der Waals surface area contributed by atoms with Gasteiger partial charge < -0.3 is 4.74 Å². The predicted octanol–water partition coefficient (Wildman–Crippen LogP) is 2.95. The fraction of sp³-hybridized carbons (Fsp3) is 0.583. The Morgan fingerprint density at radius 2 is 2.20 bits per heavy atom. The molecule has 1 aliphatic carbocycles. The van der Waals surface area contributed by atoms with Crippen molar-refractivity contribution in [3.8, 4) is 5.75 Å². The second-order valence-electron chi connectivity index (χ2n) is 4.34. The van der Waals surface area contributed by atoms with Crippen LogP contribution in [0.5, 0.6) is 5.75 Å². The summed E-state index contributed by atoms with van der Waals surface area (Å²) in [6, 6.07) is 3.85. The highest BCUT2D eigenvalue weighted by Crippen LogP contribution is 2.39. The highest BCUT2D eigenvalue weighted by molar-refractivity contribution is 7.80. The van der Waals surface area contributed by atoms with Gasteiger partial charge in [0.25, 0.3) is 0 Å². The van der Waals surface area contributed by atoms with Gasteiger partial charge in [-0.2, -0.15) is 12.6 Å². The second kappa shape index (κ2) is 4.88. The van der Waals surface area contributed by atoms with Crippen LogP contribution in [0, 0.1) is 5.41 Å². The lowest BCUT2D eigenvalue weighted by Crippen LogP contribution is -2.27. The van der Waals surface area contributed by atoms with Gasteiger partial charge >= 0.3 is 0 Å². The summed E-state index contributed by atoms with van der Waals surface area (Å²) in [5.41, 5.74) is 0.305. The van der Waals surface area contributed by atoms with E-state index in [0.29, 0.717) is 5.41 Å². The van der Waals surface area contributed by atoms with Crippen LogP contribution < -0.4 is 4.74 Å². The molecule has 2 nitrogen and oxygen atoms in total. The summed E-state index contributed by atoms with van der Waals surface area (Å²) in [5, 5.41) is 0. The molecule has 1 aromatic heterocycles. The molecule has 15 heavy (non-hydrogen) atoms. The summed E-state index contributed by atoms with van der Waals surface area (Å²) in [6.45, 7) is 0.780. The summed E-state index contributed by atoms with van der Waals surface area (Å²) in [6.07, 6.45) is 8.65. The number of hydrogen-bond donors (Lipinski definition) is 1. The summed E-state index contributed by atoms with van der Waals surface area (Å²) < 4.78 is 5.77. The van der Waals surface area contributed by atoms with E-state index in [1.807, 2.05) is 12.1 Å². The molecule has 1 saturated carbocycles. The van der Waals surface area contributed by atoms with Crippen LogP contribution in [0.15, 0.2) is 24.5 Å². The number of nitrogens with zero attached hydrogens (tertiary/aromatic N) is 1. The zero-order valence-electron chi connectivity index (χ0n) is 8.85. The first-order chi connectivity index (χ1) is 7.35. The van der Waals surface area contributed by atoms with Crippen molar-refractivity contribution in [2.45, 2.75) is 25.7 Å². The SMILES string of the molecule is SCC1(COc2cccnc2)CCCC1. The summed E-state index contributed by atoms with van der Waals surface area (Å²) in [5.74, 6) is 1.79. The Balaban J connectivity index is 1.92. The Kier molecular flexibility index (Phi) is 3.52. The molecule has 0 bridgehead atoms. The first-order valence-electron chi connectivity index (χ1n) is 5.48. The zero-order valence-corrected chi connectivity index (χ0v) is 9.75. The highest BCUT2D eigenvalue weighted by atomic mass is 32.1. The highest BCUT2D eigenvalue weighted by Gasteiger charge is 2.33. The molecular weight excluding hydrogens is 206 g/mol. The van der Waals surface area contributed by atoms with Gasteiger partial charge in [-0.1, -0.05) is 12.8 Å². The monoisotopic (exact) mass is 223 g/mol. The third kappa shape index (κ3) is 2.65. The summed E-state index contributed by atoms with van der Waals surface area (Å²) >= 11 is 4.45. The van der Waals surface area contributed by atoms with E-state index >= 15 is 0 Å². The van der Waals surface area contributed by atoms with E-state index in [1.54, 1.807) is 12.4 Å². The number of aromatic nitrogens is 1. The molecule has 0 unspecified atom stereocenters. The standard InChI is InChI=1S/C12H17NOS/c15-10-12(5-1-2-6-12)9-14-11-4-3-7-13-8-11/h3-4,7-8,15H,1-2,5-6,9-10H2. The minimum atomic E-state index is 0.305. The van der Waals surface area contributed by atoms with Crippen molar-refractivity contribution in [2.24, 2.45) is 5.41 Å². The summed E-state index contributed by atoms with van der Waals surface area (Å²) in [7, 11) is 0. The first kappa shape index (κ1) is 10.8. The van der Waals surface area contributed by atoms with Crippen LogP contribution in [0.4, 0.5) is 0 Å². The normalized spacial score (nSPS) is 19.0. The lowest BCUT2D eigenvalue weighted by Gasteiger charge is -2.26. The molecule has 1 aliphatic rings. The Morgan fingerprint density at radius 3 is 2.80 bits per heavy atom. The second-order valence-corrected chi connectivity index (χ2v) is 4.66. The van der Waals surface area contributed by atoms with Crippen molar-refractivity contribution in [3.63, 3.8) is 0 Å². The molecule has 0 spiro atoms. The maximum Gasteiger partial charge on any atom is 0.137 e. The van der Waals surface area contributed by atoms with Crippen molar-refractivity contribution in [3.05, 3.63) is 24.5 Å². The van der Waals surface area contributed by atoms with Gasteiger partial charge in [-0.05, 0) is 30.7 Å². The van der Waals surface area contributed by atoms with E-state index in [1.165, 1.54) is 25.7 Å². The largest absolute Gasteiger partial charge is 0.491 e. The molecule has 2 rings (SSSR count). The Morgan fingerprint density at radius 1 is 1.40 bits per heavy atom. The molecule has 1 aromatic rings. The fourth-order valence-corrected chi connectivity index (χ4v) is 2.55. The number of thiol groups is 1. The Labute approximate surface area is 96.5 Å². The van der Waals surface area contributed by atoms with Crippen LogP contribution in [-0.2, 0) is 0 Å². The molecule has 0 aliphatic heterocycles. The predicted molar refractivity (Wildman–Crippen MR) is 64.5 cm³/mol. The maximum absolute atomic E-state index is 5.77. The van der Waals surface area contributed by atoms with E-state index in [4.69, 9.17) is 4.74 Å². The number of rotatable bonds is 4. The number of pyridine rings is 1. The lowest BCUT2D eigenvalue weighted by atomic mass is 9.90. The van der Waals surface area contributed by atoms with Gasteiger partial charge in [0, 0.05) is 11.6 Å². The molecule has 1 fully saturated rings.